The molecule has 1 aromatic carbocycles. The molecule has 2 rings (SSSR count). The summed E-state index contributed by atoms with van der Waals surface area (Å²) in [6.07, 6.45) is 5.93. The van der Waals surface area contributed by atoms with Gasteiger partial charge in [0.05, 0.1) is 6.42 Å². The largest absolute Gasteiger partial charge is 0.355 e. The van der Waals surface area contributed by atoms with Gasteiger partial charge in [0.1, 0.15) is 5.82 Å². The molecule has 1 aromatic rings. The van der Waals surface area contributed by atoms with Crippen molar-refractivity contribution in [1.29, 1.82) is 0 Å². The van der Waals surface area contributed by atoms with E-state index in [-0.39, 0.29) is 23.3 Å². The highest BCUT2D eigenvalue weighted by atomic mass is 79.9. The summed E-state index contributed by atoms with van der Waals surface area (Å²) >= 11 is 9.53. The molecular formula is C16H20BrClFNO. The van der Waals surface area contributed by atoms with Crippen LogP contribution in [-0.2, 0) is 11.2 Å². The van der Waals surface area contributed by atoms with Crippen LogP contribution in [0.25, 0.3) is 0 Å². The molecule has 2 nitrogen and oxygen atoms in total. The second-order valence-electron chi connectivity index (χ2n) is 5.85. The van der Waals surface area contributed by atoms with Crippen molar-refractivity contribution in [3.8, 4) is 0 Å². The van der Waals surface area contributed by atoms with E-state index in [4.69, 9.17) is 11.6 Å². The highest BCUT2D eigenvalue weighted by Crippen LogP contribution is 2.37. The molecule has 1 fully saturated rings. The molecule has 0 heterocycles. The fourth-order valence-corrected chi connectivity index (χ4v) is 3.86. The first-order valence-corrected chi connectivity index (χ1v) is 8.82. The molecule has 0 bridgehead atoms. The fraction of sp³-hybridized carbons (Fsp3) is 0.562. The van der Waals surface area contributed by atoms with E-state index >= 15 is 0 Å². The lowest BCUT2D eigenvalue weighted by Crippen LogP contribution is -2.40. The molecule has 1 aliphatic carbocycles. The Kier molecular flexibility index (Phi) is 6.06. The first kappa shape index (κ1) is 16.8. The summed E-state index contributed by atoms with van der Waals surface area (Å²) in [7, 11) is 0. The number of benzene rings is 1. The lowest BCUT2D eigenvalue weighted by molar-refractivity contribution is -0.121. The fourth-order valence-electron chi connectivity index (χ4n) is 2.87. The number of carbonyl (C=O) groups is 1. The second-order valence-corrected chi connectivity index (χ2v) is 6.82. The van der Waals surface area contributed by atoms with Crippen LogP contribution in [-0.4, -0.2) is 17.8 Å². The Balaban J connectivity index is 1.93. The molecule has 1 saturated carbocycles. The maximum absolute atomic E-state index is 13.7. The summed E-state index contributed by atoms with van der Waals surface area (Å²) in [5, 5.41) is 4.15. The molecule has 1 aliphatic rings. The Bertz CT molecular complexity index is 483. The third-order valence-corrected chi connectivity index (χ3v) is 5.80. The predicted molar refractivity (Wildman–Crippen MR) is 87.4 cm³/mol. The quantitative estimate of drug-likeness (QED) is 0.754. The molecule has 0 saturated heterocycles. The van der Waals surface area contributed by atoms with E-state index in [1.54, 1.807) is 12.1 Å². The Morgan fingerprint density at radius 2 is 2.05 bits per heavy atom. The maximum Gasteiger partial charge on any atom is 0.224 e. The van der Waals surface area contributed by atoms with Crippen molar-refractivity contribution in [2.24, 2.45) is 5.41 Å². The van der Waals surface area contributed by atoms with Crippen LogP contribution < -0.4 is 5.32 Å². The van der Waals surface area contributed by atoms with Gasteiger partial charge in [-0.15, -0.1) is 0 Å². The van der Waals surface area contributed by atoms with Gasteiger partial charge in [0.25, 0.3) is 0 Å². The highest BCUT2D eigenvalue weighted by molar-refractivity contribution is 9.09. The second kappa shape index (κ2) is 7.59. The normalized spacial score (nSPS) is 17.5. The van der Waals surface area contributed by atoms with Crippen LogP contribution in [0.2, 0.25) is 5.02 Å². The predicted octanol–water partition coefficient (Wildman–Crippen LogP) is 4.48. The molecule has 0 atom stereocenters. The molecule has 5 heteroatoms. The zero-order valence-corrected chi connectivity index (χ0v) is 14.3. The van der Waals surface area contributed by atoms with Gasteiger partial charge in [-0.3, -0.25) is 4.79 Å². The topological polar surface area (TPSA) is 29.1 Å². The summed E-state index contributed by atoms with van der Waals surface area (Å²) < 4.78 is 13.7. The van der Waals surface area contributed by atoms with E-state index in [1.165, 1.54) is 25.3 Å². The van der Waals surface area contributed by atoms with E-state index in [0.717, 1.165) is 18.2 Å². The van der Waals surface area contributed by atoms with Crippen LogP contribution in [0, 0.1) is 11.2 Å². The number of carbonyl (C=O) groups excluding carboxylic acids is 1. The van der Waals surface area contributed by atoms with Gasteiger partial charge in [-0.25, -0.2) is 4.39 Å². The summed E-state index contributed by atoms with van der Waals surface area (Å²) in [5.41, 5.74) is 0.417. The van der Waals surface area contributed by atoms with Crippen molar-refractivity contribution in [2.45, 2.75) is 38.5 Å². The van der Waals surface area contributed by atoms with Gasteiger partial charge < -0.3 is 5.32 Å². The van der Waals surface area contributed by atoms with Crippen molar-refractivity contribution in [3.63, 3.8) is 0 Å². The summed E-state index contributed by atoms with van der Waals surface area (Å²) in [6, 6.07) is 4.48. The first-order chi connectivity index (χ1) is 10.1. The third-order valence-electron chi connectivity index (χ3n) is 4.26. The van der Waals surface area contributed by atoms with Gasteiger partial charge in [0, 0.05) is 22.5 Å². The number of alkyl halides is 1. The summed E-state index contributed by atoms with van der Waals surface area (Å²) in [5.74, 6) is -0.599. The van der Waals surface area contributed by atoms with E-state index in [9.17, 15) is 9.18 Å². The molecule has 1 N–H and O–H groups in total. The minimum absolute atomic E-state index is 0.0100. The van der Waals surface area contributed by atoms with Gasteiger partial charge in [0.15, 0.2) is 0 Å². The molecule has 0 unspecified atom stereocenters. The molecule has 0 radical (unpaired) electrons. The van der Waals surface area contributed by atoms with Gasteiger partial charge >= 0.3 is 0 Å². The molecule has 0 spiro atoms. The number of hydrogen-bond donors (Lipinski definition) is 1. The van der Waals surface area contributed by atoms with Gasteiger partial charge in [-0.1, -0.05) is 52.9 Å². The molecule has 116 valence electrons. The average molecular weight is 377 g/mol. The standard InChI is InChI=1S/C16H20BrClFNO/c17-10-16(7-2-1-3-8-16)11-20-15(21)9-12-13(18)5-4-6-14(12)19/h4-6H,1-3,7-11H2,(H,20,21). The SMILES string of the molecule is O=C(Cc1c(F)cccc1Cl)NCC1(CBr)CCCCC1. The van der Waals surface area contributed by atoms with Crippen LogP contribution in [0.15, 0.2) is 18.2 Å². The highest BCUT2D eigenvalue weighted by Gasteiger charge is 2.31. The lowest BCUT2D eigenvalue weighted by atomic mass is 9.75. The van der Waals surface area contributed by atoms with Crippen LogP contribution >= 0.6 is 27.5 Å². The average Bonchev–Trinajstić information content (AvgIpc) is 2.50. The van der Waals surface area contributed by atoms with E-state index in [0.29, 0.717) is 11.6 Å². The van der Waals surface area contributed by atoms with Crippen LogP contribution in [0.5, 0.6) is 0 Å². The third kappa shape index (κ3) is 4.43. The monoisotopic (exact) mass is 375 g/mol. The van der Waals surface area contributed by atoms with Crippen LogP contribution in [0.1, 0.15) is 37.7 Å². The van der Waals surface area contributed by atoms with Gasteiger partial charge in [-0.2, -0.15) is 0 Å². The maximum atomic E-state index is 13.7. The summed E-state index contributed by atoms with van der Waals surface area (Å²) in [6.45, 7) is 0.642. The number of hydrogen-bond acceptors (Lipinski definition) is 1. The van der Waals surface area contributed by atoms with Crippen molar-refractivity contribution in [2.75, 3.05) is 11.9 Å². The molecule has 1 amide bonds. The summed E-state index contributed by atoms with van der Waals surface area (Å²) in [4.78, 5) is 12.1. The van der Waals surface area contributed by atoms with E-state index in [1.807, 2.05) is 0 Å². The van der Waals surface area contributed by atoms with Crippen LogP contribution in [0.3, 0.4) is 0 Å². The minimum atomic E-state index is -0.425. The molecule has 0 aliphatic heterocycles. The number of nitrogens with one attached hydrogen (secondary N) is 1. The number of halogens is 3. The van der Waals surface area contributed by atoms with E-state index < -0.39 is 5.82 Å². The Morgan fingerprint density at radius 3 is 2.67 bits per heavy atom. The first-order valence-electron chi connectivity index (χ1n) is 7.32. The zero-order valence-electron chi connectivity index (χ0n) is 11.9. The van der Waals surface area contributed by atoms with Gasteiger partial charge in [-0.05, 0) is 30.4 Å². The number of rotatable bonds is 5. The van der Waals surface area contributed by atoms with Crippen molar-refractivity contribution in [3.05, 3.63) is 34.6 Å². The molecule has 0 aromatic heterocycles. The Hall–Kier alpha value is -0.610. The zero-order chi connectivity index (χ0) is 15.3. The van der Waals surface area contributed by atoms with Crippen molar-refractivity contribution < 1.29 is 9.18 Å². The van der Waals surface area contributed by atoms with Crippen LogP contribution in [0.4, 0.5) is 4.39 Å². The molecule has 21 heavy (non-hydrogen) atoms. The Morgan fingerprint density at radius 1 is 1.33 bits per heavy atom. The number of amides is 1. The molecular weight excluding hydrogens is 357 g/mol. The van der Waals surface area contributed by atoms with Crippen molar-refractivity contribution in [1.82, 2.24) is 5.32 Å². The van der Waals surface area contributed by atoms with Crippen molar-refractivity contribution >= 4 is 33.4 Å². The Labute approximate surface area is 138 Å². The van der Waals surface area contributed by atoms with Gasteiger partial charge in [0.2, 0.25) is 5.91 Å². The lowest BCUT2D eigenvalue weighted by Gasteiger charge is -2.35. The minimum Gasteiger partial charge on any atom is -0.355 e. The van der Waals surface area contributed by atoms with E-state index in [2.05, 4.69) is 21.2 Å². The smallest absolute Gasteiger partial charge is 0.224 e.